The molecule has 8 nitrogen and oxygen atoms in total. The van der Waals surface area contributed by atoms with Gasteiger partial charge in [0.25, 0.3) is 5.91 Å². The molecule has 4 rings (SSSR count). The van der Waals surface area contributed by atoms with Crippen LogP contribution in [0.15, 0.2) is 66.9 Å². The molecule has 0 fully saturated rings. The number of carbonyl (C=O) groups is 3. The summed E-state index contributed by atoms with van der Waals surface area (Å²) in [5.41, 5.74) is 1.98. The van der Waals surface area contributed by atoms with Crippen LogP contribution < -0.4 is 19.5 Å². The highest BCUT2D eigenvalue weighted by atomic mass is 35.5. The van der Waals surface area contributed by atoms with Gasteiger partial charge in [-0.25, -0.2) is 4.98 Å². The van der Waals surface area contributed by atoms with E-state index < -0.39 is 5.97 Å². The number of hydrogen-bond donors (Lipinski definition) is 1. The summed E-state index contributed by atoms with van der Waals surface area (Å²) in [5, 5.41) is 4.47. The van der Waals surface area contributed by atoms with Crippen LogP contribution in [0.4, 0.5) is 0 Å². The Labute approximate surface area is 237 Å². The number of nitrogens with zero attached hydrogens (tertiary/aromatic N) is 1. The van der Waals surface area contributed by atoms with Crippen LogP contribution in [-0.4, -0.2) is 43.4 Å². The Morgan fingerprint density at radius 1 is 0.850 bits per heavy atom. The highest BCUT2D eigenvalue weighted by Gasteiger charge is 2.21. The van der Waals surface area contributed by atoms with Crippen LogP contribution in [0.25, 0.3) is 10.8 Å². The second-order valence-corrected chi connectivity index (χ2v) is 9.42. The summed E-state index contributed by atoms with van der Waals surface area (Å²) < 4.78 is 16.4. The molecule has 40 heavy (non-hydrogen) atoms. The number of carbonyl (C=O) groups excluding carboxylic acids is 3. The van der Waals surface area contributed by atoms with Crippen LogP contribution in [0.3, 0.4) is 0 Å². The maximum Gasteiger partial charge on any atom is 0.311 e. The number of esters is 1. The summed E-state index contributed by atoms with van der Waals surface area (Å²) >= 11 is 5.91. The van der Waals surface area contributed by atoms with Crippen molar-refractivity contribution in [3.63, 3.8) is 0 Å². The zero-order valence-electron chi connectivity index (χ0n) is 22.5. The number of hydrogen-bond acceptors (Lipinski definition) is 7. The third-order valence-corrected chi connectivity index (χ3v) is 6.52. The zero-order valence-corrected chi connectivity index (χ0v) is 23.2. The van der Waals surface area contributed by atoms with Gasteiger partial charge in [0.15, 0.2) is 17.2 Å². The Morgan fingerprint density at radius 2 is 1.48 bits per heavy atom. The van der Waals surface area contributed by atoms with E-state index in [9.17, 15) is 14.4 Å². The third kappa shape index (κ3) is 6.58. The Hall–Kier alpha value is -4.43. The number of pyridine rings is 1. The second kappa shape index (κ2) is 13.1. The van der Waals surface area contributed by atoms with Crippen molar-refractivity contribution in [1.29, 1.82) is 0 Å². The van der Waals surface area contributed by atoms with Gasteiger partial charge in [-0.15, -0.1) is 0 Å². The molecule has 0 aliphatic heterocycles. The smallest absolute Gasteiger partial charge is 0.311 e. The largest absolute Gasteiger partial charge is 0.493 e. The molecule has 0 bridgehead atoms. The van der Waals surface area contributed by atoms with E-state index in [1.54, 1.807) is 36.4 Å². The van der Waals surface area contributed by atoms with E-state index in [1.165, 1.54) is 20.4 Å². The molecule has 0 saturated carbocycles. The Kier molecular flexibility index (Phi) is 9.35. The molecule has 0 unspecified atom stereocenters. The van der Waals surface area contributed by atoms with Crippen LogP contribution in [0.1, 0.15) is 51.7 Å². The van der Waals surface area contributed by atoms with Gasteiger partial charge >= 0.3 is 5.97 Å². The van der Waals surface area contributed by atoms with Gasteiger partial charge in [-0.2, -0.15) is 0 Å². The van der Waals surface area contributed by atoms with Crippen LogP contribution in [-0.2, 0) is 11.2 Å². The maximum absolute atomic E-state index is 13.5. The molecule has 1 N–H and O–H groups in total. The number of amides is 1. The van der Waals surface area contributed by atoms with Crippen LogP contribution >= 0.6 is 11.6 Å². The van der Waals surface area contributed by atoms with Gasteiger partial charge < -0.3 is 19.5 Å². The van der Waals surface area contributed by atoms with Crippen molar-refractivity contribution in [3.05, 3.63) is 94.3 Å². The van der Waals surface area contributed by atoms with Crippen LogP contribution in [0.5, 0.6) is 17.2 Å². The molecule has 0 radical (unpaired) electrons. The monoisotopic (exact) mass is 560 g/mol. The maximum atomic E-state index is 13.5. The predicted molar refractivity (Wildman–Crippen MR) is 153 cm³/mol. The van der Waals surface area contributed by atoms with E-state index in [4.69, 9.17) is 25.8 Å². The first-order chi connectivity index (χ1) is 19.3. The highest BCUT2D eigenvalue weighted by molar-refractivity contribution is 6.30. The standard InChI is InChI=1S/C31H29ClN2O6/c1-4-5-28(35)40-27-18-34-29(24-17-26(39-3)25(38-2)16-23(24)27)30(36)20-8-10-21(11-9-20)31(37)33-15-14-19-6-12-22(32)13-7-19/h6-13,16-18H,4-5,14-15H2,1-3H3,(H,33,37). The van der Waals surface area contributed by atoms with Gasteiger partial charge in [0, 0.05) is 39.9 Å². The zero-order chi connectivity index (χ0) is 28.6. The first-order valence-electron chi connectivity index (χ1n) is 12.8. The van der Waals surface area contributed by atoms with Crippen molar-refractivity contribution in [2.45, 2.75) is 26.2 Å². The SMILES string of the molecule is CCCC(=O)Oc1cnc(C(=O)c2ccc(C(=O)NCCc3ccc(Cl)cc3)cc2)c2cc(OC)c(OC)cc12. The topological polar surface area (TPSA) is 104 Å². The number of halogens is 1. The minimum Gasteiger partial charge on any atom is -0.493 e. The normalized spacial score (nSPS) is 10.7. The van der Waals surface area contributed by atoms with E-state index in [0.29, 0.717) is 57.8 Å². The molecule has 1 aromatic heterocycles. The molecule has 0 aliphatic carbocycles. The molecule has 9 heteroatoms. The van der Waals surface area contributed by atoms with E-state index in [2.05, 4.69) is 10.3 Å². The molecule has 206 valence electrons. The minimum absolute atomic E-state index is 0.145. The third-order valence-electron chi connectivity index (χ3n) is 6.27. The molecule has 3 aromatic carbocycles. The number of methoxy groups -OCH3 is 2. The Morgan fingerprint density at radius 3 is 2.10 bits per heavy atom. The highest BCUT2D eigenvalue weighted by Crippen LogP contribution is 2.38. The van der Waals surface area contributed by atoms with E-state index in [-0.39, 0.29) is 29.6 Å². The van der Waals surface area contributed by atoms with Crippen molar-refractivity contribution in [2.75, 3.05) is 20.8 Å². The second-order valence-electron chi connectivity index (χ2n) is 8.99. The fourth-order valence-corrected chi connectivity index (χ4v) is 4.29. The van der Waals surface area contributed by atoms with Gasteiger partial charge in [-0.3, -0.25) is 14.4 Å². The molecule has 0 atom stereocenters. The van der Waals surface area contributed by atoms with Crippen molar-refractivity contribution < 1.29 is 28.6 Å². The number of ketones is 1. The minimum atomic E-state index is -0.401. The van der Waals surface area contributed by atoms with Crippen LogP contribution in [0, 0.1) is 0 Å². The first-order valence-corrected chi connectivity index (χ1v) is 13.1. The van der Waals surface area contributed by atoms with Gasteiger partial charge in [0.05, 0.1) is 20.4 Å². The summed E-state index contributed by atoms with van der Waals surface area (Å²) in [6, 6.07) is 17.1. The average molecular weight is 561 g/mol. The summed E-state index contributed by atoms with van der Waals surface area (Å²) in [6.07, 6.45) is 2.90. The number of ether oxygens (including phenoxy) is 3. The number of rotatable bonds is 11. The molecule has 1 amide bonds. The molecule has 1 heterocycles. The molecular weight excluding hydrogens is 532 g/mol. The molecule has 4 aromatic rings. The van der Waals surface area contributed by atoms with Gasteiger partial charge in [-0.1, -0.05) is 42.8 Å². The summed E-state index contributed by atoms with van der Waals surface area (Å²) in [5.74, 6) is 0.0235. The lowest BCUT2D eigenvalue weighted by molar-refractivity contribution is -0.134. The number of nitrogens with one attached hydrogen (secondary N) is 1. The Balaban J connectivity index is 1.56. The number of benzene rings is 3. The summed E-state index contributed by atoms with van der Waals surface area (Å²) in [6.45, 7) is 2.33. The van der Waals surface area contributed by atoms with Gasteiger partial charge in [0.1, 0.15) is 5.69 Å². The van der Waals surface area contributed by atoms with E-state index in [1.807, 2.05) is 31.2 Å². The number of aromatic nitrogens is 1. The van der Waals surface area contributed by atoms with E-state index in [0.717, 1.165) is 5.56 Å². The van der Waals surface area contributed by atoms with Crippen molar-refractivity contribution in [2.24, 2.45) is 0 Å². The van der Waals surface area contributed by atoms with E-state index >= 15 is 0 Å². The predicted octanol–water partition coefficient (Wildman–Crippen LogP) is 5.81. The first kappa shape index (κ1) is 28.6. The fourth-order valence-electron chi connectivity index (χ4n) is 4.16. The summed E-state index contributed by atoms with van der Waals surface area (Å²) in [7, 11) is 2.98. The van der Waals surface area contributed by atoms with Crippen molar-refractivity contribution >= 4 is 40.0 Å². The average Bonchev–Trinajstić information content (AvgIpc) is 2.97. The van der Waals surface area contributed by atoms with Gasteiger partial charge in [0.2, 0.25) is 5.78 Å². The van der Waals surface area contributed by atoms with Gasteiger partial charge in [-0.05, 0) is 54.8 Å². The lowest BCUT2D eigenvalue weighted by atomic mass is 10.00. The quantitative estimate of drug-likeness (QED) is 0.182. The lowest BCUT2D eigenvalue weighted by Gasteiger charge is -2.14. The molecule has 0 aliphatic rings. The fraction of sp³-hybridized carbons (Fsp3) is 0.226. The van der Waals surface area contributed by atoms with Crippen molar-refractivity contribution in [1.82, 2.24) is 10.3 Å². The number of fused-ring (bicyclic) bond motifs is 1. The van der Waals surface area contributed by atoms with Crippen LogP contribution in [0.2, 0.25) is 5.02 Å². The molecular formula is C31H29ClN2O6. The Bertz CT molecular complexity index is 1530. The molecule has 0 saturated heterocycles. The summed E-state index contributed by atoms with van der Waals surface area (Å²) in [4.78, 5) is 42.7. The lowest BCUT2D eigenvalue weighted by Crippen LogP contribution is -2.25. The van der Waals surface area contributed by atoms with Crippen molar-refractivity contribution in [3.8, 4) is 17.2 Å². The molecule has 0 spiro atoms.